The number of likely N-dealkylation sites (N-methyl/N-ethyl adjacent to an activating group) is 2. The fourth-order valence-corrected chi connectivity index (χ4v) is 3.13. The Balaban J connectivity index is 0.000000349. The van der Waals surface area contributed by atoms with E-state index in [4.69, 9.17) is 4.42 Å². The van der Waals surface area contributed by atoms with Crippen molar-refractivity contribution in [3.05, 3.63) is 82.8 Å². The van der Waals surface area contributed by atoms with Gasteiger partial charge in [-0.1, -0.05) is 34.5 Å². The molecule has 0 fully saturated rings. The van der Waals surface area contributed by atoms with Crippen LogP contribution in [0.25, 0.3) is 22.1 Å². The second kappa shape index (κ2) is 14.2. The summed E-state index contributed by atoms with van der Waals surface area (Å²) in [5.74, 6) is 0. The summed E-state index contributed by atoms with van der Waals surface area (Å²) in [5.41, 5.74) is 2.78. The van der Waals surface area contributed by atoms with E-state index in [9.17, 15) is 4.79 Å². The van der Waals surface area contributed by atoms with Crippen LogP contribution in [0.5, 0.6) is 0 Å². The quantitative estimate of drug-likeness (QED) is 0.304. The van der Waals surface area contributed by atoms with Gasteiger partial charge in [-0.25, -0.2) is 0 Å². The summed E-state index contributed by atoms with van der Waals surface area (Å²) in [6, 6.07) is 12.9. The first-order valence-corrected chi connectivity index (χ1v) is 10.9. The zero-order valence-electron chi connectivity index (χ0n) is 18.7. The molecule has 31 heavy (non-hydrogen) atoms. The third-order valence-electron chi connectivity index (χ3n) is 4.71. The third-order valence-corrected chi connectivity index (χ3v) is 5.24. The van der Waals surface area contributed by atoms with Gasteiger partial charge >= 0.3 is 31.1 Å². The van der Waals surface area contributed by atoms with Crippen LogP contribution >= 0.6 is 15.9 Å². The smallest absolute Gasteiger partial charge is 0.476 e. The summed E-state index contributed by atoms with van der Waals surface area (Å²) in [7, 11) is 6.38. The van der Waals surface area contributed by atoms with Gasteiger partial charge < -0.3 is 21.1 Å². The van der Waals surface area contributed by atoms with Gasteiger partial charge in [0.25, 0.3) is 0 Å². The summed E-state index contributed by atoms with van der Waals surface area (Å²) in [4.78, 5) is 17.0. The van der Waals surface area contributed by atoms with Crippen LogP contribution in [0.4, 0.5) is 0 Å². The molecule has 3 rings (SSSR count). The van der Waals surface area contributed by atoms with Crippen LogP contribution in [0.3, 0.4) is 0 Å². The molecule has 0 aliphatic carbocycles. The molecule has 2 aromatic carbocycles. The van der Waals surface area contributed by atoms with Gasteiger partial charge in [-0.3, -0.25) is 4.79 Å². The first-order valence-electron chi connectivity index (χ1n) is 10.1. The zero-order chi connectivity index (χ0) is 22.1. The molecule has 0 aliphatic rings. The Kier molecular flexibility index (Phi) is 12.8. The molecule has 0 spiro atoms. The van der Waals surface area contributed by atoms with Crippen molar-refractivity contribution in [3.8, 4) is 11.1 Å². The van der Waals surface area contributed by atoms with Gasteiger partial charge in [0.1, 0.15) is 6.26 Å². The average Bonchev–Trinajstić information content (AvgIpc) is 2.72. The van der Waals surface area contributed by atoms with E-state index in [0.29, 0.717) is 16.5 Å². The molecule has 0 amide bonds. The third kappa shape index (κ3) is 9.16. The fraction of sp³-hybridized carbons (Fsp3) is 0.320. The summed E-state index contributed by atoms with van der Waals surface area (Å²) >= 11 is 3.38. The van der Waals surface area contributed by atoms with Crippen molar-refractivity contribution in [3.63, 3.8) is 0 Å². The maximum atomic E-state index is 12.4. The molecule has 1 aromatic heterocycles. The number of halogens is 1. The molecule has 0 atom stereocenters. The Morgan fingerprint density at radius 3 is 2.29 bits per heavy atom. The molecule has 0 N–H and O–H groups in total. The van der Waals surface area contributed by atoms with Gasteiger partial charge in [0.2, 0.25) is 0 Å². The van der Waals surface area contributed by atoms with E-state index >= 15 is 0 Å². The molecule has 3 aromatic rings. The average molecular weight is 709 g/mol. The minimum absolute atomic E-state index is 0. The maximum absolute atomic E-state index is 12.4. The number of nitrogens with zero attached hydrogens (tertiary/aromatic N) is 2. The van der Waals surface area contributed by atoms with Crippen LogP contribution in [0, 0.1) is 45.0 Å². The van der Waals surface area contributed by atoms with Gasteiger partial charge in [0.05, 0.1) is 11.1 Å². The van der Waals surface area contributed by atoms with Crippen molar-refractivity contribution < 1.29 is 35.5 Å². The van der Waals surface area contributed by atoms with Gasteiger partial charge in [-0.15, -0.1) is 12.1 Å². The Hall–Kier alpha value is -1.03. The van der Waals surface area contributed by atoms with Crippen molar-refractivity contribution in [2.75, 3.05) is 40.8 Å². The van der Waals surface area contributed by atoms with Crippen LogP contribution in [0.15, 0.2) is 62.4 Å². The molecule has 0 radical (unpaired) electrons. The Labute approximate surface area is 218 Å². The summed E-state index contributed by atoms with van der Waals surface area (Å²) in [5, 5.41) is 0.577. The second-order valence-electron chi connectivity index (χ2n) is 7.63. The zero-order valence-corrected chi connectivity index (χ0v) is 24.4. The summed E-state index contributed by atoms with van der Waals surface area (Å²) in [6.07, 6.45) is 3.77. The monoisotopic (exact) mass is 708 g/mol. The fourth-order valence-electron chi connectivity index (χ4n) is 2.87. The Morgan fingerprint density at radius 2 is 1.68 bits per heavy atom. The summed E-state index contributed by atoms with van der Waals surface area (Å²) in [6.45, 7) is 11.1. The topological polar surface area (TPSA) is 36.7 Å². The van der Waals surface area contributed by atoms with Crippen LogP contribution in [-0.2, 0) is 0 Å². The molecule has 164 valence electrons. The Morgan fingerprint density at radius 1 is 1.00 bits per heavy atom. The van der Waals surface area contributed by atoms with E-state index in [-0.39, 0.29) is 36.5 Å². The first-order chi connectivity index (χ1) is 14.3. The predicted molar refractivity (Wildman–Crippen MR) is 131 cm³/mol. The second-order valence-corrected chi connectivity index (χ2v) is 8.55. The van der Waals surface area contributed by atoms with Crippen molar-refractivity contribution in [1.82, 2.24) is 9.80 Å². The predicted octanol–water partition coefficient (Wildman–Crippen LogP) is 5.50. The molecule has 0 saturated carbocycles. The molecular formula is C25H31BrN2O2U. The minimum Gasteiger partial charge on any atom is -0.476 e. The van der Waals surface area contributed by atoms with E-state index in [1.54, 1.807) is 12.1 Å². The van der Waals surface area contributed by atoms with E-state index < -0.39 is 0 Å². The van der Waals surface area contributed by atoms with Crippen LogP contribution in [-0.4, -0.2) is 50.6 Å². The number of hydrogen-bond acceptors (Lipinski definition) is 4. The standard InChI is InChI=1S/C16H10BrO2.C9H21N2.U/c1-10-2-7-13-15(8-10)19-9-14(16(13)18)11-3-5-12(17)6-4-11;1-5-6-7-11(4)9-8-10(2)3;/h2-9H,1H2;1,5-9H2,2-4H3;/q2*-1;+2. The molecule has 0 saturated heterocycles. The largest absolute Gasteiger partial charge is 2.00 e. The normalized spacial score (nSPS) is 10.7. The SMILES string of the molecule is [CH2-]CCCN(C)CCN(C)C.[CH2-]c1ccc2c(=O)c(-c3ccc(Br)cc3)coc2c1.[U+2]. The number of benzene rings is 2. The van der Waals surface area contributed by atoms with E-state index in [1.807, 2.05) is 30.3 Å². The Bertz CT molecular complexity index is 987. The van der Waals surface area contributed by atoms with Gasteiger partial charge in [-0.05, 0) is 45.4 Å². The molecule has 0 unspecified atom stereocenters. The number of unbranched alkanes of at least 4 members (excludes halogenated alkanes) is 1. The number of fused-ring (bicyclic) bond motifs is 1. The molecule has 4 nitrogen and oxygen atoms in total. The molecule has 0 aliphatic heterocycles. The van der Waals surface area contributed by atoms with Crippen molar-refractivity contribution in [1.29, 1.82) is 0 Å². The molecule has 1 heterocycles. The van der Waals surface area contributed by atoms with Gasteiger partial charge in [0.15, 0.2) is 5.43 Å². The summed E-state index contributed by atoms with van der Waals surface area (Å²) < 4.78 is 6.51. The van der Waals surface area contributed by atoms with Crippen molar-refractivity contribution >= 4 is 26.9 Å². The molecule has 6 heteroatoms. The van der Waals surface area contributed by atoms with E-state index in [1.165, 1.54) is 19.2 Å². The van der Waals surface area contributed by atoms with E-state index in [2.05, 4.69) is 60.7 Å². The van der Waals surface area contributed by atoms with Crippen LogP contribution < -0.4 is 5.43 Å². The van der Waals surface area contributed by atoms with E-state index in [0.717, 1.165) is 35.1 Å². The minimum atomic E-state index is -0.0245. The van der Waals surface area contributed by atoms with Gasteiger partial charge in [0, 0.05) is 22.9 Å². The number of rotatable bonds is 7. The van der Waals surface area contributed by atoms with Crippen molar-refractivity contribution in [2.45, 2.75) is 12.8 Å². The van der Waals surface area contributed by atoms with Crippen molar-refractivity contribution in [2.24, 2.45) is 0 Å². The first kappa shape index (κ1) is 28.0. The molecule has 0 bridgehead atoms. The molecular weight excluding hydrogens is 678 g/mol. The maximum Gasteiger partial charge on any atom is 2.00 e. The number of hydrogen-bond donors (Lipinski definition) is 0. The van der Waals surface area contributed by atoms with Gasteiger partial charge in [-0.2, -0.15) is 25.0 Å². The van der Waals surface area contributed by atoms with Crippen LogP contribution in [0.2, 0.25) is 0 Å². The van der Waals surface area contributed by atoms with Crippen LogP contribution in [0.1, 0.15) is 18.4 Å².